The summed E-state index contributed by atoms with van der Waals surface area (Å²) in [4.78, 5) is 0. The van der Waals surface area contributed by atoms with E-state index in [2.05, 4.69) is 39.2 Å². The summed E-state index contributed by atoms with van der Waals surface area (Å²) in [5, 5.41) is 4.76. The molecule has 0 rings (SSSR count). The highest BCUT2D eigenvalue weighted by atomic mass is 27.2. The van der Waals surface area contributed by atoms with E-state index in [4.69, 9.17) is 0 Å². The van der Waals surface area contributed by atoms with Gasteiger partial charge in [-0.15, -0.1) is 13.2 Å². The molecule has 0 aromatic carbocycles. The summed E-state index contributed by atoms with van der Waals surface area (Å²) in [5.41, 5.74) is 0. The Hall–Kier alpha value is 0.0125. The quantitative estimate of drug-likeness (QED) is 0.158. The molecule has 0 spiro atoms. The minimum absolute atomic E-state index is 0.450. The third kappa shape index (κ3) is 16.2. The molecular formula is C20H39Al. The van der Waals surface area contributed by atoms with Gasteiger partial charge in [0.1, 0.15) is 0 Å². The third-order valence-electron chi connectivity index (χ3n) is 4.35. The van der Waals surface area contributed by atoms with Crippen molar-refractivity contribution in [3.05, 3.63) is 25.3 Å². The summed E-state index contributed by atoms with van der Waals surface area (Å²) in [6, 6.07) is 0. The van der Waals surface area contributed by atoms with Crippen LogP contribution in [0.2, 0.25) is 15.8 Å². The number of rotatable bonds is 16. The standard InChI is InChI=1S/2C8H15.C4H9.Al/c2*1-3-5-7-8-6-4-2;1-4(2)3;/h2*3H,1-2,4-8H2;4H,1H2,2-3H3;. The molecule has 21 heavy (non-hydrogen) atoms. The summed E-state index contributed by atoms with van der Waals surface area (Å²) < 4.78 is 0. The van der Waals surface area contributed by atoms with Crippen LogP contribution in [-0.4, -0.2) is 14.1 Å². The van der Waals surface area contributed by atoms with Gasteiger partial charge in [0.25, 0.3) is 14.1 Å². The second-order valence-corrected chi connectivity index (χ2v) is 10.4. The van der Waals surface area contributed by atoms with E-state index in [-0.39, 0.29) is 0 Å². The van der Waals surface area contributed by atoms with Crippen molar-refractivity contribution in [3.8, 4) is 0 Å². The SMILES string of the molecule is C=CCCCCC[CH2][Al]([CH2]CCCCCC=C)[CH2]C(C)C. The number of unbranched alkanes of at least 4 members (excludes halogenated alkanes) is 8. The Morgan fingerprint density at radius 1 is 0.714 bits per heavy atom. The fourth-order valence-corrected chi connectivity index (χ4v) is 7.02. The minimum atomic E-state index is -0.450. The Balaban J connectivity index is 3.66. The molecule has 0 atom stereocenters. The molecule has 0 aromatic heterocycles. The highest BCUT2D eigenvalue weighted by molar-refractivity contribution is 6.58. The van der Waals surface area contributed by atoms with Gasteiger partial charge in [0.2, 0.25) is 0 Å². The molecule has 0 nitrogen and oxygen atoms in total. The van der Waals surface area contributed by atoms with Crippen LogP contribution >= 0.6 is 0 Å². The summed E-state index contributed by atoms with van der Waals surface area (Å²) in [7, 11) is 0. The number of hydrogen-bond acceptors (Lipinski definition) is 0. The Morgan fingerprint density at radius 3 is 1.52 bits per heavy atom. The molecule has 122 valence electrons. The van der Waals surface area contributed by atoms with Crippen molar-refractivity contribution in [2.24, 2.45) is 5.92 Å². The van der Waals surface area contributed by atoms with Gasteiger partial charge < -0.3 is 0 Å². The van der Waals surface area contributed by atoms with Crippen LogP contribution < -0.4 is 0 Å². The van der Waals surface area contributed by atoms with E-state index < -0.39 is 14.1 Å². The smallest absolute Gasteiger partial charge is 0.103 e. The zero-order valence-corrected chi connectivity index (χ0v) is 16.1. The van der Waals surface area contributed by atoms with Gasteiger partial charge in [0, 0.05) is 0 Å². The van der Waals surface area contributed by atoms with E-state index in [1.165, 1.54) is 64.2 Å². The van der Waals surface area contributed by atoms with Crippen LogP contribution in [0, 0.1) is 5.92 Å². The Morgan fingerprint density at radius 2 is 1.14 bits per heavy atom. The molecule has 1 heteroatoms. The topological polar surface area (TPSA) is 0 Å². The monoisotopic (exact) mass is 306 g/mol. The third-order valence-corrected chi connectivity index (χ3v) is 8.40. The molecule has 0 amide bonds. The second-order valence-electron chi connectivity index (χ2n) is 7.06. The van der Waals surface area contributed by atoms with Crippen LogP contribution in [0.1, 0.15) is 78.1 Å². The lowest BCUT2D eigenvalue weighted by atomic mass is 10.1. The van der Waals surface area contributed by atoms with Gasteiger partial charge in [-0.3, -0.25) is 0 Å². The predicted molar refractivity (Wildman–Crippen MR) is 102 cm³/mol. The van der Waals surface area contributed by atoms with E-state index in [0.29, 0.717) is 0 Å². The molecule has 0 aromatic rings. The zero-order valence-electron chi connectivity index (χ0n) is 14.9. The summed E-state index contributed by atoms with van der Waals surface area (Å²) in [6.45, 7) is 12.4. The van der Waals surface area contributed by atoms with Gasteiger partial charge >= 0.3 is 0 Å². The van der Waals surface area contributed by atoms with E-state index in [0.717, 1.165) is 5.92 Å². The average molecular weight is 307 g/mol. The maximum Gasteiger partial charge on any atom is 0.262 e. The molecule has 0 aliphatic rings. The van der Waals surface area contributed by atoms with Crippen LogP contribution in [0.5, 0.6) is 0 Å². The predicted octanol–water partition coefficient (Wildman–Crippen LogP) is 7.41. The molecule has 0 radical (unpaired) electrons. The molecular weight excluding hydrogens is 267 g/mol. The fraction of sp³-hybridized carbons (Fsp3) is 0.800. The highest BCUT2D eigenvalue weighted by Gasteiger charge is 2.17. The average Bonchev–Trinajstić information content (AvgIpc) is 2.45. The lowest BCUT2D eigenvalue weighted by molar-refractivity contribution is 0.652. The normalized spacial score (nSPS) is 10.8. The van der Waals surface area contributed by atoms with Gasteiger partial charge in [-0.25, -0.2) is 0 Å². The molecule has 0 fully saturated rings. The largest absolute Gasteiger partial charge is 0.262 e. The summed E-state index contributed by atoms with van der Waals surface area (Å²) >= 11 is -0.450. The van der Waals surface area contributed by atoms with Gasteiger partial charge in [-0.1, -0.05) is 86.3 Å². The first-order valence-electron chi connectivity index (χ1n) is 9.42. The zero-order chi connectivity index (χ0) is 15.8. The van der Waals surface area contributed by atoms with Crippen molar-refractivity contribution in [1.82, 2.24) is 0 Å². The lowest BCUT2D eigenvalue weighted by Gasteiger charge is -2.14. The Kier molecular flexibility index (Phi) is 16.4. The molecule has 0 N–H and O–H groups in total. The van der Waals surface area contributed by atoms with Crippen LogP contribution in [-0.2, 0) is 0 Å². The van der Waals surface area contributed by atoms with Gasteiger partial charge in [0.15, 0.2) is 0 Å². The minimum Gasteiger partial charge on any atom is -0.103 e. The van der Waals surface area contributed by atoms with Crippen LogP contribution in [0.4, 0.5) is 0 Å². The van der Waals surface area contributed by atoms with E-state index in [1.807, 2.05) is 0 Å². The van der Waals surface area contributed by atoms with Crippen molar-refractivity contribution in [3.63, 3.8) is 0 Å². The van der Waals surface area contributed by atoms with Gasteiger partial charge in [0.05, 0.1) is 0 Å². The molecule has 0 heterocycles. The molecule has 0 aliphatic heterocycles. The first-order chi connectivity index (χ1) is 10.2. The maximum atomic E-state index is 3.80. The lowest BCUT2D eigenvalue weighted by Crippen LogP contribution is -2.14. The molecule has 0 bridgehead atoms. The maximum absolute atomic E-state index is 3.80. The van der Waals surface area contributed by atoms with Crippen LogP contribution in [0.25, 0.3) is 0 Å². The molecule has 0 saturated heterocycles. The van der Waals surface area contributed by atoms with E-state index >= 15 is 0 Å². The summed E-state index contributed by atoms with van der Waals surface area (Å²) in [5.74, 6) is 0.920. The van der Waals surface area contributed by atoms with Crippen molar-refractivity contribution >= 4 is 14.1 Å². The van der Waals surface area contributed by atoms with Crippen molar-refractivity contribution in [2.75, 3.05) is 0 Å². The van der Waals surface area contributed by atoms with Gasteiger partial charge in [-0.2, -0.15) is 0 Å². The van der Waals surface area contributed by atoms with E-state index in [9.17, 15) is 0 Å². The fourth-order valence-electron chi connectivity index (χ4n) is 3.20. The Labute approximate surface area is 139 Å². The Bertz CT molecular complexity index is 212. The highest BCUT2D eigenvalue weighted by Crippen LogP contribution is 2.20. The van der Waals surface area contributed by atoms with Crippen molar-refractivity contribution < 1.29 is 0 Å². The van der Waals surface area contributed by atoms with Crippen LogP contribution in [0.3, 0.4) is 0 Å². The van der Waals surface area contributed by atoms with Crippen molar-refractivity contribution in [1.29, 1.82) is 0 Å². The van der Waals surface area contributed by atoms with Crippen LogP contribution in [0.15, 0.2) is 25.3 Å². The first-order valence-corrected chi connectivity index (χ1v) is 11.9. The molecule has 0 unspecified atom stereocenters. The molecule has 0 aliphatic carbocycles. The second kappa shape index (κ2) is 16.4. The van der Waals surface area contributed by atoms with E-state index in [1.54, 1.807) is 15.8 Å². The summed E-state index contributed by atoms with van der Waals surface area (Å²) in [6.07, 6.45) is 18.0. The first kappa shape index (κ1) is 21.0. The number of hydrogen-bond donors (Lipinski definition) is 0. The van der Waals surface area contributed by atoms with Gasteiger partial charge in [-0.05, 0) is 25.7 Å². The molecule has 0 saturated carbocycles. The van der Waals surface area contributed by atoms with Crippen molar-refractivity contribution in [2.45, 2.75) is 93.9 Å². The number of allylic oxidation sites excluding steroid dienone is 2.